The van der Waals surface area contributed by atoms with Gasteiger partial charge in [0, 0.05) is 7.05 Å². The Bertz CT molecular complexity index is 399. The van der Waals surface area contributed by atoms with Crippen molar-refractivity contribution in [3.63, 3.8) is 0 Å². The first-order valence-electron chi connectivity index (χ1n) is 6.35. The second kappa shape index (κ2) is 9.70. The molecule has 9 nitrogen and oxygen atoms in total. The van der Waals surface area contributed by atoms with Crippen LogP contribution in [0, 0.1) is 0 Å². The van der Waals surface area contributed by atoms with E-state index in [0.717, 1.165) is 0 Å². The van der Waals surface area contributed by atoms with Gasteiger partial charge in [0.1, 0.15) is 6.04 Å². The summed E-state index contributed by atoms with van der Waals surface area (Å²) in [5, 5.41) is 7.37. The highest BCUT2D eigenvalue weighted by Crippen LogP contribution is 1.97. The molecule has 0 radical (unpaired) electrons. The molecular formula is C12H22N4O5. The maximum Gasteiger partial charge on any atom is 0.328 e. The van der Waals surface area contributed by atoms with Crippen LogP contribution in [0.25, 0.3) is 0 Å². The highest BCUT2D eigenvalue weighted by Gasteiger charge is 2.22. The molecule has 0 spiro atoms. The number of hydrogen-bond acceptors (Lipinski definition) is 6. The minimum absolute atomic E-state index is 0.103. The van der Waals surface area contributed by atoms with Crippen LogP contribution in [0.1, 0.15) is 6.92 Å². The summed E-state index contributed by atoms with van der Waals surface area (Å²) in [5.41, 5.74) is 0. The van der Waals surface area contributed by atoms with Crippen LogP contribution in [0.3, 0.4) is 0 Å². The fourth-order valence-corrected chi connectivity index (χ4v) is 1.31. The van der Waals surface area contributed by atoms with Gasteiger partial charge >= 0.3 is 5.97 Å². The average molecular weight is 302 g/mol. The summed E-state index contributed by atoms with van der Waals surface area (Å²) < 4.78 is 4.52. The monoisotopic (exact) mass is 302 g/mol. The van der Waals surface area contributed by atoms with Gasteiger partial charge in [-0.1, -0.05) is 0 Å². The fourth-order valence-electron chi connectivity index (χ4n) is 1.31. The first-order chi connectivity index (χ1) is 9.83. The molecule has 0 rings (SSSR count). The Balaban J connectivity index is 4.09. The van der Waals surface area contributed by atoms with E-state index in [0.29, 0.717) is 0 Å². The van der Waals surface area contributed by atoms with Crippen molar-refractivity contribution in [2.75, 3.05) is 40.8 Å². The highest BCUT2D eigenvalue weighted by atomic mass is 16.5. The van der Waals surface area contributed by atoms with Crippen LogP contribution in [-0.4, -0.2) is 75.5 Å². The maximum absolute atomic E-state index is 11.8. The van der Waals surface area contributed by atoms with Crippen LogP contribution in [0.4, 0.5) is 0 Å². The summed E-state index contributed by atoms with van der Waals surface area (Å²) in [6.45, 7) is 1.14. The van der Waals surface area contributed by atoms with Crippen molar-refractivity contribution in [3.05, 3.63) is 0 Å². The zero-order valence-corrected chi connectivity index (χ0v) is 12.7. The van der Waals surface area contributed by atoms with Gasteiger partial charge in [0.25, 0.3) is 0 Å². The molecule has 1 atom stereocenters. The SMILES string of the molecule is CNCC(=O)NCC(=O)NCC(=O)N(C)C(C)C(=O)OC. The summed E-state index contributed by atoms with van der Waals surface area (Å²) in [5.74, 6) is -1.80. The number of hydrogen-bond donors (Lipinski definition) is 3. The van der Waals surface area contributed by atoms with Gasteiger partial charge in [0.15, 0.2) is 0 Å². The molecule has 0 aromatic heterocycles. The van der Waals surface area contributed by atoms with Crippen LogP contribution in [0.2, 0.25) is 0 Å². The molecule has 9 heteroatoms. The number of carbonyl (C=O) groups excluding carboxylic acids is 4. The third-order valence-corrected chi connectivity index (χ3v) is 2.74. The predicted molar refractivity (Wildman–Crippen MR) is 74.2 cm³/mol. The molecule has 3 amide bonds. The number of likely N-dealkylation sites (N-methyl/N-ethyl adjacent to an activating group) is 2. The van der Waals surface area contributed by atoms with Crippen molar-refractivity contribution in [1.82, 2.24) is 20.9 Å². The van der Waals surface area contributed by atoms with Gasteiger partial charge in [0.2, 0.25) is 17.7 Å². The number of carbonyl (C=O) groups is 4. The number of esters is 1. The van der Waals surface area contributed by atoms with Crippen molar-refractivity contribution < 1.29 is 23.9 Å². The molecule has 0 aliphatic rings. The Morgan fingerprint density at radius 2 is 1.57 bits per heavy atom. The minimum Gasteiger partial charge on any atom is -0.467 e. The minimum atomic E-state index is -0.741. The summed E-state index contributed by atoms with van der Waals surface area (Å²) in [4.78, 5) is 46.7. The molecule has 0 aliphatic carbocycles. The molecule has 0 heterocycles. The van der Waals surface area contributed by atoms with Crippen LogP contribution in [0.15, 0.2) is 0 Å². The molecular weight excluding hydrogens is 280 g/mol. The lowest BCUT2D eigenvalue weighted by Crippen LogP contribution is -2.47. The van der Waals surface area contributed by atoms with E-state index in [1.807, 2.05) is 0 Å². The zero-order valence-electron chi connectivity index (χ0n) is 12.7. The van der Waals surface area contributed by atoms with E-state index in [9.17, 15) is 19.2 Å². The van der Waals surface area contributed by atoms with Crippen LogP contribution >= 0.6 is 0 Å². The lowest BCUT2D eigenvalue weighted by Gasteiger charge is -2.22. The quantitative estimate of drug-likeness (QED) is 0.425. The molecule has 0 aromatic rings. The van der Waals surface area contributed by atoms with Crippen molar-refractivity contribution in [2.24, 2.45) is 0 Å². The van der Waals surface area contributed by atoms with Gasteiger partial charge in [-0.25, -0.2) is 4.79 Å². The van der Waals surface area contributed by atoms with E-state index in [-0.39, 0.29) is 25.5 Å². The third-order valence-electron chi connectivity index (χ3n) is 2.74. The smallest absolute Gasteiger partial charge is 0.328 e. The number of methoxy groups -OCH3 is 1. The molecule has 0 saturated heterocycles. The lowest BCUT2D eigenvalue weighted by molar-refractivity contribution is -0.150. The van der Waals surface area contributed by atoms with Crippen LogP contribution in [-0.2, 0) is 23.9 Å². The lowest BCUT2D eigenvalue weighted by atomic mass is 10.3. The Hall–Kier alpha value is -2.16. The number of nitrogens with one attached hydrogen (secondary N) is 3. The zero-order chi connectivity index (χ0) is 16.4. The van der Waals surface area contributed by atoms with E-state index in [4.69, 9.17) is 0 Å². The molecule has 0 fully saturated rings. The third kappa shape index (κ3) is 7.25. The number of rotatable bonds is 8. The van der Waals surface area contributed by atoms with E-state index in [2.05, 4.69) is 20.7 Å². The van der Waals surface area contributed by atoms with Gasteiger partial charge in [-0.3, -0.25) is 14.4 Å². The number of ether oxygens (including phenoxy) is 1. The summed E-state index contributed by atoms with van der Waals surface area (Å²) in [6, 6.07) is -0.741. The van der Waals surface area contributed by atoms with Gasteiger partial charge < -0.3 is 25.6 Å². The molecule has 0 bridgehead atoms. The Morgan fingerprint density at radius 3 is 2.10 bits per heavy atom. The van der Waals surface area contributed by atoms with Crippen molar-refractivity contribution in [1.29, 1.82) is 0 Å². The molecule has 1 unspecified atom stereocenters. The average Bonchev–Trinajstić information content (AvgIpc) is 2.48. The van der Waals surface area contributed by atoms with Crippen LogP contribution in [0.5, 0.6) is 0 Å². The Labute approximate surface area is 123 Å². The second-order valence-electron chi connectivity index (χ2n) is 4.29. The molecule has 3 N–H and O–H groups in total. The van der Waals surface area contributed by atoms with E-state index < -0.39 is 23.8 Å². The van der Waals surface area contributed by atoms with Crippen molar-refractivity contribution in [3.8, 4) is 0 Å². The first kappa shape index (κ1) is 18.8. The second-order valence-corrected chi connectivity index (χ2v) is 4.29. The largest absolute Gasteiger partial charge is 0.467 e. The molecule has 0 aromatic carbocycles. The van der Waals surface area contributed by atoms with Gasteiger partial charge in [-0.05, 0) is 14.0 Å². The highest BCUT2D eigenvalue weighted by molar-refractivity contribution is 5.90. The fraction of sp³-hybridized carbons (Fsp3) is 0.667. The van der Waals surface area contributed by atoms with Crippen molar-refractivity contribution in [2.45, 2.75) is 13.0 Å². The standard InChI is InChI=1S/C12H22N4O5/c1-8(12(20)21-4)16(3)11(19)7-15-10(18)6-14-9(17)5-13-2/h8,13H,5-7H2,1-4H3,(H,14,17)(H,15,18). The van der Waals surface area contributed by atoms with Gasteiger partial charge in [0.05, 0.1) is 26.7 Å². The van der Waals surface area contributed by atoms with E-state index in [1.54, 1.807) is 7.05 Å². The maximum atomic E-state index is 11.8. The summed E-state index contributed by atoms with van der Waals surface area (Å²) in [6.07, 6.45) is 0. The molecule has 21 heavy (non-hydrogen) atoms. The Kier molecular flexibility index (Phi) is 8.70. The first-order valence-corrected chi connectivity index (χ1v) is 6.35. The summed E-state index contributed by atoms with van der Waals surface area (Å²) >= 11 is 0. The molecule has 0 saturated carbocycles. The van der Waals surface area contributed by atoms with E-state index >= 15 is 0 Å². The van der Waals surface area contributed by atoms with Gasteiger partial charge in [-0.2, -0.15) is 0 Å². The molecule has 120 valence electrons. The van der Waals surface area contributed by atoms with Crippen molar-refractivity contribution >= 4 is 23.7 Å². The Morgan fingerprint density at radius 1 is 1.05 bits per heavy atom. The van der Waals surface area contributed by atoms with Gasteiger partial charge in [-0.15, -0.1) is 0 Å². The van der Waals surface area contributed by atoms with E-state index in [1.165, 1.54) is 26.0 Å². The topological polar surface area (TPSA) is 117 Å². The van der Waals surface area contributed by atoms with Crippen LogP contribution < -0.4 is 16.0 Å². The predicted octanol–water partition coefficient (Wildman–Crippen LogP) is -2.54. The molecule has 0 aliphatic heterocycles. The summed E-state index contributed by atoms with van der Waals surface area (Å²) in [7, 11) is 4.27. The normalized spacial score (nSPS) is 11.2. The number of amides is 3. The number of nitrogens with zero attached hydrogens (tertiary/aromatic N) is 1.